The Morgan fingerprint density at radius 3 is 2.55 bits per heavy atom. The van der Waals surface area contributed by atoms with Gasteiger partial charge in [-0.25, -0.2) is 13.2 Å². The van der Waals surface area contributed by atoms with E-state index in [2.05, 4.69) is 4.72 Å². The highest BCUT2D eigenvalue weighted by Crippen LogP contribution is 2.23. The molecule has 0 bridgehead atoms. The van der Waals surface area contributed by atoms with Crippen LogP contribution < -0.4 is 4.72 Å². The number of esters is 1. The van der Waals surface area contributed by atoms with Crippen LogP contribution >= 0.6 is 0 Å². The fourth-order valence-electron chi connectivity index (χ4n) is 2.68. The lowest BCUT2D eigenvalue weighted by Gasteiger charge is -2.12. The second kappa shape index (κ2) is 9.06. The van der Waals surface area contributed by atoms with E-state index in [4.69, 9.17) is 10.00 Å². The van der Waals surface area contributed by atoms with Crippen molar-refractivity contribution in [3.8, 4) is 6.07 Å². The maximum Gasteiger partial charge on any atom is 0.340 e. The second-order valence-electron chi connectivity index (χ2n) is 6.29. The average molecular weight is 437 g/mol. The molecule has 0 radical (unpaired) electrons. The first-order chi connectivity index (χ1) is 14.8. The van der Waals surface area contributed by atoms with Crippen LogP contribution in [0.1, 0.15) is 21.5 Å². The molecule has 0 saturated carbocycles. The number of anilines is 1. The van der Waals surface area contributed by atoms with Gasteiger partial charge in [0.2, 0.25) is 0 Å². The van der Waals surface area contributed by atoms with Gasteiger partial charge in [0.05, 0.1) is 32.7 Å². The summed E-state index contributed by atoms with van der Waals surface area (Å²) in [6.07, 6.45) is 0. The van der Waals surface area contributed by atoms with Gasteiger partial charge >= 0.3 is 5.97 Å². The quantitative estimate of drug-likeness (QED) is 0.338. The third kappa shape index (κ3) is 5.23. The van der Waals surface area contributed by atoms with Gasteiger partial charge in [-0.2, -0.15) is 5.26 Å². The Hall–Kier alpha value is -4.23. The molecule has 31 heavy (non-hydrogen) atoms. The number of non-ortho nitro benzene ring substituents is 1. The maximum atomic E-state index is 12.7. The Morgan fingerprint density at radius 2 is 1.81 bits per heavy atom. The Labute approximate surface area is 177 Å². The van der Waals surface area contributed by atoms with Crippen LogP contribution in [0.2, 0.25) is 0 Å². The van der Waals surface area contributed by atoms with Crippen molar-refractivity contribution in [3.63, 3.8) is 0 Å². The molecule has 0 aliphatic heterocycles. The van der Waals surface area contributed by atoms with Crippen LogP contribution in [0.25, 0.3) is 0 Å². The third-order valence-electron chi connectivity index (χ3n) is 4.16. The van der Waals surface area contributed by atoms with E-state index in [1.54, 1.807) is 24.3 Å². The summed E-state index contributed by atoms with van der Waals surface area (Å²) >= 11 is 0. The SMILES string of the molecule is N#Cc1cccc(COC(=O)c2ccccc2NS(=O)(=O)c2cccc([N+](=O)[O-])c2)c1. The number of sulfonamides is 1. The lowest BCUT2D eigenvalue weighted by Crippen LogP contribution is -2.16. The molecule has 0 aromatic heterocycles. The molecule has 1 N–H and O–H groups in total. The zero-order valence-electron chi connectivity index (χ0n) is 15.9. The molecule has 0 aliphatic carbocycles. The molecule has 0 fully saturated rings. The number of nitro groups is 1. The van der Waals surface area contributed by atoms with Crippen LogP contribution in [-0.4, -0.2) is 19.3 Å². The molecule has 156 valence electrons. The number of hydrogen-bond acceptors (Lipinski definition) is 7. The maximum absolute atomic E-state index is 12.7. The predicted molar refractivity (Wildman–Crippen MR) is 111 cm³/mol. The summed E-state index contributed by atoms with van der Waals surface area (Å²) in [7, 11) is -4.20. The third-order valence-corrected chi connectivity index (χ3v) is 5.52. The van der Waals surface area contributed by atoms with E-state index in [1.165, 1.54) is 42.5 Å². The lowest BCUT2D eigenvalue weighted by molar-refractivity contribution is -0.385. The highest BCUT2D eigenvalue weighted by Gasteiger charge is 2.21. The van der Waals surface area contributed by atoms with Gasteiger partial charge in [-0.1, -0.05) is 30.3 Å². The predicted octanol–water partition coefficient (Wildman–Crippen LogP) is 3.62. The van der Waals surface area contributed by atoms with Gasteiger partial charge in [0.1, 0.15) is 6.61 Å². The van der Waals surface area contributed by atoms with Crippen LogP contribution in [0, 0.1) is 21.4 Å². The number of carbonyl (C=O) groups excluding carboxylic acids is 1. The van der Waals surface area contributed by atoms with Gasteiger partial charge in [0.25, 0.3) is 15.7 Å². The summed E-state index contributed by atoms with van der Waals surface area (Å²) in [6.45, 7) is -0.111. The van der Waals surface area contributed by atoms with E-state index in [-0.39, 0.29) is 28.4 Å². The molecule has 0 saturated heterocycles. The van der Waals surface area contributed by atoms with Gasteiger partial charge in [-0.15, -0.1) is 0 Å². The van der Waals surface area contributed by atoms with Gasteiger partial charge in [-0.05, 0) is 35.9 Å². The molecule has 10 heteroatoms. The number of nitrogens with one attached hydrogen (secondary N) is 1. The van der Waals surface area contributed by atoms with Crippen molar-refractivity contribution in [2.75, 3.05) is 4.72 Å². The van der Waals surface area contributed by atoms with Crippen LogP contribution in [-0.2, 0) is 21.4 Å². The zero-order chi connectivity index (χ0) is 22.4. The van der Waals surface area contributed by atoms with E-state index in [0.717, 1.165) is 6.07 Å². The van der Waals surface area contributed by atoms with E-state index < -0.39 is 20.9 Å². The summed E-state index contributed by atoms with van der Waals surface area (Å²) in [5.41, 5.74) is 0.564. The minimum absolute atomic E-state index is 0.0343. The van der Waals surface area contributed by atoms with Crippen molar-refractivity contribution < 1.29 is 22.9 Å². The number of para-hydroxylation sites is 1. The first-order valence-corrected chi connectivity index (χ1v) is 10.3. The summed E-state index contributed by atoms with van der Waals surface area (Å²) in [5, 5.41) is 19.9. The number of nitro benzene ring substituents is 1. The Balaban J connectivity index is 1.81. The van der Waals surface area contributed by atoms with Crippen LogP contribution in [0.15, 0.2) is 77.7 Å². The van der Waals surface area contributed by atoms with E-state index in [1.807, 2.05) is 6.07 Å². The topological polar surface area (TPSA) is 139 Å². The molecule has 0 heterocycles. The number of benzene rings is 3. The molecule has 3 aromatic carbocycles. The highest BCUT2D eigenvalue weighted by atomic mass is 32.2. The number of nitrogens with zero attached hydrogens (tertiary/aromatic N) is 2. The minimum Gasteiger partial charge on any atom is -0.457 e. The van der Waals surface area contributed by atoms with Crippen molar-refractivity contribution in [1.82, 2.24) is 0 Å². The molecular formula is C21H15N3O6S. The largest absolute Gasteiger partial charge is 0.457 e. The Bertz CT molecular complexity index is 1300. The average Bonchev–Trinajstić information content (AvgIpc) is 2.77. The fourth-order valence-corrected chi connectivity index (χ4v) is 3.79. The molecule has 0 amide bonds. The van der Waals surface area contributed by atoms with Crippen molar-refractivity contribution in [2.24, 2.45) is 0 Å². The molecule has 3 aromatic rings. The van der Waals surface area contributed by atoms with Crippen molar-refractivity contribution in [1.29, 1.82) is 5.26 Å². The van der Waals surface area contributed by atoms with Crippen LogP contribution in [0.4, 0.5) is 11.4 Å². The number of ether oxygens (including phenoxy) is 1. The number of carbonyl (C=O) groups is 1. The number of nitriles is 1. The summed E-state index contributed by atoms with van der Waals surface area (Å²) < 4.78 is 32.9. The lowest BCUT2D eigenvalue weighted by atomic mass is 10.1. The molecule has 9 nitrogen and oxygen atoms in total. The molecule has 0 atom stereocenters. The van der Waals surface area contributed by atoms with Crippen molar-refractivity contribution >= 4 is 27.4 Å². The Morgan fingerprint density at radius 1 is 1.06 bits per heavy atom. The van der Waals surface area contributed by atoms with Gasteiger partial charge in [0, 0.05) is 12.1 Å². The number of rotatable bonds is 7. The van der Waals surface area contributed by atoms with E-state index in [9.17, 15) is 23.3 Å². The fraction of sp³-hybridized carbons (Fsp3) is 0.0476. The van der Waals surface area contributed by atoms with Gasteiger partial charge in [-0.3, -0.25) is 14.8 Å². The summed E-state index contributed by atoms with van der Waals surface area (Å²) in [6, 6.07) is 18.9. The number of hydrogen-bond donors (Lipinski definition) is 1. The second-order valence-corrected chi connectivity index (χ2v) is 7.98. The smallest absolute Gasteiger partial charge is 0.340 e. The van der Waals surface area contributed by atoms with Crippen molar-refractivity contribution in [3.05, 3.63) is 99.6 Å². The Kier molecular flexibility index (Phi) is 6.28. The monoisotopic (exact) mass is 437 g/mol. The first kappa shape index (κ1) is 21.5. The van der Waals surface area contributed by atoms with Gasteiger partial charge < -0.3 is 4.74 Å². The highest BCUT2D eigenvalue weighted by molar-refractivity contribution is 7.92. The summed E-state index contributed by atoms with van der Waals surface area (Å²) in [5.74, 6) is -0.778. The molecule has 0 aliphatic rings. The standard InChI is InChI=1S/C21H15N3O6S/c22-13-15-5-3-6-16(11-15)14-30-21(25)19-9-1-2-10-20(19)23-31(28,29)18-8-4-7-17(12-18)24(26)27/h1-12,23H,14H2. The van der Waals surface area contributed by atoms with E-state index in [0.29, 0.717) is 11.1 Å². The molecule has 0 spiro atoms. The minimum atomic E-state index is -4.20. The van der Waals surface area contributed by atoms with Crippen LogP contribution in [0.5, 0.6) is 0 Å². The normalized spacial score (nSPS) is 10.7. The van der Waals surface area contributed by atoms with Crippen LogP contribution in [0.3, 0.4) is 0 Å². The summed E-state index contributed by atoms with van der Waals surface area (Å²) in [4.78, 5) is 22.4. The van der Waals surface area contributed by atoms with E-state index >= 15 is 0 Å². The van der Waals surface area contributed by atoms with Gasteiger partial charge in [0.15, 0.2) is 0 Å². The van der Waals surface area contributed by atoms with Crippen molar-refractivity contribution in [2.45, 2.75) is 11.5 Å². The zero-order valence-corrected chi connectivity index (χ0v) is 16.7. The molecular weight excluding hydrogens is 422 g/mol. The molecule has 0 unspecified atom stereocenters. The molecule has 3 rings (SSSR count). The first-order valence-electron chi connectivity index (χ1n) is 8.82.